The van der Waals surface area contributed by atoms with Gasteiger partial charge in [-0.25, -0.2) is 4.98 Å². The standard InChI is InChI=1S/C11H18N4O/c1-11(2)8-16-4-3-15(11)10-7-13-9(5-12)6-14-10/h6-7H,3-5,8,12H2,1-2H3. The fourth-order valence-electron chi connectivity index (χ4n) is 1.88. The highest BCUT2D eigenvalue weighted by Crippen LogP contribution is 2.24. The summed E-state index contributed by atoms with van der Waals surface area (Å²) < 4.78 is 5.47. The monoisotopic (exact) mass is 222 g/mol. The summed E-state index contributed by atoms with van der Waals surface area (Å²) in [5.41, 5.74) is 6.28. The molecule has 5 nitrogen and oxygen atoms in total. The Kier molecular flexibility index (Phi) is 3.07. The number of rotatable bonds is 2. The molecule has 2 heterocycles. The van der Waals surface area contributed by atoms with Crippen molar-refractivity contribution in [2.24, 2.45) is 5.73 Å². The van der Waals surface area contributed by atoms with Crippen LogP contribution in [0, 0.1) is 0 Å². The van der Waals surface area contributed by atoms with Crippen molar-refractivity contribution in [1.29, 1.82) is 0 Å². The van der Waals surface area contributed by atoms with Crippen LogP contribution in [0.1, 0.15) is 19.5 Å². The second-order valence-electron chi connectivity index (χ2n) is 4.59. The lowest BCUT2D eigenvalue weighted by Crippen LogP contribution is -2.53. The molecule has 0 aliphatic carbocycles. The Hall–Kier alpha value is -1.20. The predicted molar refractivity (Wildman–Crippen MR) is 62.2 cm³/mol. The van der Waals surface area contributed by atoms with Crippen LogP contribution in [0.25, 0.3) is 0 Å². The number of anilines is 1. The maximum Gasteiger partial charge on any atom is 0.147 e. The summed E-state index contributed by atoms with van der Waals surface area (Å²) in [6.45, 7) is 7.02. The Bertz CT molecular complexity index is 350. The van der Waals surface area contributed by atoms with Crippen LogP contribution < -0.4 is 10.6 Å². The molecule has 0 spiro atoms. The van der Waals surface area contributed by atoms with Crippen LogP contribution in [-0.2, 0) is 11.3 Å². The van der Waals surface area contributed by atoms with Gasteiger partial charge in [-0.15, -0.1) is 0 Å². The number of morpholine rings is 1. The van der Waals surface area contributed by atoms with Gasteiger partial charge >= 0.3 is 0 Å². The first kappa shape index (κ1) is 11.3. The van der Waals surface area contributed by atoms with Gasteiger partial charge < -0.3 is 15.4 Å². The first-order valence-electron chi connectivity index (χ1n) is 5.50. The number of nitrogens with zero attached hydrogens (tertiary/aromatic N) is 3. The van der Waals surface area contributed by atoms with E-state index in [4.69, 9.17) is 10.5 Å². The van der Waals surface area contributed by atoms with Crippen molar-refractivity contribution >= 4 is 5.82 Å². The van der Waals surface area contributed by atoms with Gasteiger partial charge in [-0.1, -0.05) is 0 Å². The maximum absolute atomic E-state index is 5.50. The summed E-state index contributed by atoms with van der Waals surface area (Å²) in [5.74, 6) is 0.894. The summed E-state index contributed by atoms with van der Waals surface area (Å²) in [4.78, 5) is 10.9. The predicted octanol–water partition coefficient (Wildman–Crippen LogP) is 0.551. The fourth-order valence-corrected chi connectivity index (χ4v) is 1.88. The molecule has 5 heteroatoms. The van der Waals surface area contributed by atoms with Crippen LogP contribution in [-0.4, -0.2) is 35.3 Å². The van der Waals surface area contributed by atoms with Crippen molar-refractivity contribution in [2.45, 2.75) is 25.9 Å². The number of hydrogen-bond donors (Lipinski definition) is 1. The van der Waals surface area contributed by atoms with Gasteiger partial charge in [0, 0.05) is 13.1 Å². The van der Waals surface area contributed by atoms with E-state index >= 15 is 0 Å². The average Bonchev–Trinajstić information content (AvgIpc) is 2.29. The highest BCUT2D eigenvalue weighted by Gasteiger charge is 2.31. The van der Waals surface area contributed by atoms with E-state index in [0.717, 1.165) is 24.7 Å². The molecule has 1 aliphatic heterocycles. The first-order valence-corrected chi connectivity index (χ1v) is 5.50. The van der Waals surface area contributed by atoms with Gasteiger partial charge in [0.1, 0.15) is 5.82 Å². The molecule has 1 aromatic heterocycles. The van der Waals surface area contributed by atoms with Crippen molar-refractivity contribution in [3.63, 3.8) is 0 Å². The molecule has 0 atom stereocenters. The summed E-state index contributed by atoms with van der Waals surface area (Å²) in [6, 6.07) is 0. The number of nitrogens with two attached hydrogens (primary N) is 1. The summed E-state index contributed by atoms with van der Waals surface area (Å²) in [6.07, 6.45) is 3.52. The van der Waals surface area contributed by atoms with E-state index in [0.29, 0.717) is 13.2 Å². The molecule has 1 fully saturated rings. The highest BCUT2D eigenvalue weighted by atomic mass is 16.5. The Morgan fingerprint density at radius 1 is 1.44 bits per heavy atom. The molecule has 0 amide bonds. The lowest BCUT2D eigenvalue weighted by atomic mass is 10.0. The minimum Gasteiger partial charge on any atom is -0.377 e. The smallest absolute Gasteiger partial charge is 0.147 e. The summed E-state index contributed by atoms with van der Waals surface area (Å²) in [7, 11) is 0. The summed E-state index contributed by atoms with van der Waals surface area (Å²) in [5, 5.41) is 0. The Labute approximate surface area is 95.6 Å². The van der Waals surface area contributed by atoms with Crippen LogP contribution in [0.3, 0.4) is 0 Å². The molecule has 0 unspecified atom stereocenters. The first-order chi connectivity index (χ1) is 7.63. The van der Waals surface area contributed by atoms with Crippen LogP contribution in [0.2, 0.25) is 0 Å². The van der Waals surface area contributed by atoms with Crippen LogP contribution in [0.4, 0.5) is 5.82 Å². The van der Waals surface area contributed by atoms with Gasteiger partial charge in [-0.2, -0.15) is 0 Å². The van der Waals surface area contributed by atoms with E-state index in [1.54, 1.807) is 12.4 Å². The SMILES string of the molecule is CC1(C)COCCN1c1cnc(CN)cn1. The number of aromatic nitrogens is 2. The van der Waals surface area contributed by atoms with Crippen molar-refractivity contribution in [2.75, 3.05) is 24.7 Å². The minimum atomic E-state index is -0.0306. The zero-order chi connectivity index (χ0) is 11.6. The van der Waals surface area contributed by atoms with Gasteiger partial charge in [0.05, 0.1) is 36.8 Å². The fraction of sp³-hybridized carbons (Fsp3) is 0.636. The molecule has 16 heavy (non-hydrogen) atoms. The van der Waals surface area contributed by atoms with Crippen molar-refractivity contribution in [3.05, 3.63) is 18.1 Å². The van der Waals surface area contributed by atoms with Gasteiger partial charge in [0.25, 0.3) is 0 Å². The lowest BCUT2D eigenvalue weighted by Gasteiger charge is -2.42. The molecular weight excluding hydrogens is 204 g/mol. The van der Waals surface area contributed by atoms with E-state index in [1.807, 2.05) is 0 Å². The molecule has 0 radical (unpaired) electrons. The quantitative estimate of drug-likeness (QED) is 0.791. The molecule has 88 valence electrons. The second kappa shape index (κ2) is 4.35. The molecule has 0 saturated carbocycles. The Balaban J connectivity index is 2.21. The van der Waals surface area contributed by atoms with E-state index in [-0.39, 0.29) is 5.54 Å². The topological polar surface area (TPSA) is 64.3 Å². The van der Waals surface area contributed by atoms with E-state index in [1.165, 1.54) is 0 Å². The van der Waals surface area contributed by atoms with Gasteiger partial charge in [-0.05, 0) is 13.8 Å². The number of ether oxygens (including phenoxy) is 1. The zero-order valence-electron chi connectivity index (χ0n) is 9.81. The third-order valence-electron chi connectivity index (χ3n) is 2.82. The van der Waals surface area contributed by atoms with Crippen LogP contribution in [0.15, 0.2) is 12.4 Å². The van der Waals surface area contributed by atoms with Crippen LogP contribution >= 0.6 is 0 Å². The molecule has 2 N–H and O–H groups in total. The third-order valence-corrected chi connectivity index (χ3v) is 2.82. The molecule has 1 aromatic rings. The van der Waals surface area contributed by atoms with Crippen LogP contribution in [0.5, 0.6) is 0 Å². The van der Waals surface area contributed by atoms with E-state index in [2.05, 4.69) is 28.7 Å². The molecule has 1 aliphatic rings. The van der Waals surface area contributed by atoms with Crippen molar-refractivity contribution in [1.82, 2.24) is 9.97 Å². The largest absolute Gasteiger partial charge is 0.377 e. The summed E-state index contributed by atoms with van der Waals surface area (Å²) >= 11 is 0. The Morgan fingerprint density at radius 2 is 2.25 bits per heavy atom. The molecule has 2 rings (SSSR count). The lowest BCUT2D eigenvalue weighted by molar-refractivity contribution is 0.0638. The van der Waals surface area contributed by atoms with Crippen molar-refractivity contribution in [3.8, 4) is 0 Å². The molecular formula is C11H18N4O. The normalized spacial score (nSPS) is 19.8. The highest BCUT2D eigenvalue weighted by molar-refractivity contribution is 5.40. The van der Waals surface area contributed by atoms with Gasteiger partial charge in [0.2, 0.25) is 0 Å². The minimum absolute atomic E-state index is 0.0306. The molecule has 0 bridgehead atoms. The van der Waals surface area contributed by atoms with Gasteiger partial charge in [-0.3, -0.25) is 4.98 Å². The number of hydrogen-bond acceptors (Lipinski definition) is 5. The van der Waals surface area contributed by atoms with Crippen molar-refractivity contribution < 1.29 is 4.74 Å². The third kappa shape index (κ3) is 2.15. The molecule has 0 aromatic carbocycles. The van der Waals surface area contributed by atoms with E-state index in [9.17, 15) is 0 Å². The zero-order valence-corrected chi connectivity index (χ0v) is 9.81. The van der Waals surface area contributed by atoms with E-state index < -0.39 is 0 Å². The maximum atomic E-state index is 5.50. The average molecular weight is 222 g/mol. The van der Waals surface area contributed by atoms with Gasteiger partial charge in [0.15, 0.2) is 0 Å². The molecule has 1 saturated heterocycles. The Morgan fingerprint density at radius 3 is 2.81 bits per heavy atom. The second-order valence-corrected chi connectivity index (χ2v) is 4.59.